The Bertz CT molecular complexity index is 363. The summed E-state index contributed by atoms with van der Waals surface area (Å²) < 4.78 is 1.91. The van der Waals surface area contributed by atoms with Crippen molar-refractivity contribution in [1.82, 2.24) is 25.1 Å². The van der Waals surface area contributed by atoms with E-state index in [9.17, 15) is 0 Å². The Hall–Kier alpha value is -1.01. The highest BCUT2D eigenvalue weighted by atomic mass is 15.5. The molecule has 0 radical (unpaired) electrons. The maximum atomic E-state index is 5.91. The molecule has 2 atom stereocenters. The number of likely N-dealkylation sites (tertiary alicyclic amines) is 1. The molecule has 1 aliphatic heterocycles. The lowest BCUT2D eigenvalue weighted by Gasteiger charge is -2.39. The number of rotatable bonds is 5. The molecule has 18 heavy (non-hydrogen) atoms. The molecule has 1 saturated heterocycles. The summed E-state index contributed by atoms with van der Waals surface area (Å²) in [6.45, 7) is 7.95. The monoisotopic (exact) mass is 252 g/mol. The average Bonchev–Trinajstić information content (AvgIpc) is 2.78. The summed E-state index contributed by atoms with van der Waals surface area (Å²) in [5.74, 6) is 1.63. The Morgan fingerprint density at radius 1 is 1.44 bits per heavy atom. The molecule has 1 aromatic rings. The van der Waals surface area contributed by atoms with E-state index in [2.05, 4.69) is 34.3 Å². The molecule has 2 rings (SSSR count). The van der Waals surface area contributed by atoms with E-state index in [0.717, 1.165) is 38.4 Å². The number of piperidine rings is 1. The van der Waals surface area contributed by atoms with Crippen molar-refractivity contribution in [3.05, 3.63) is 5.82 Å². The molecule has 102 valence electrons. The van der Waals surface area contributed by atoms with Gasteiger partial charge in [0, 0.05) is 19.1 Å². The zero-order valence-electron chi connectivity index (χ0n) is 11.4. The van der Waals surface area contributed by atoms with Crippen LogP contribution in [0.15, 0.2) is 0 Å². The Morgan fingerprint density at radius 2 is 2.28 bits per heavy atom. The van der Waals surface area contributed by atoms with Gasteiger partial charge in [-0.25, -0.2) is 4.68 Å². The van der Waals surface area contributed by atoms with E-state index in [1.807, 2.05) is 4.68 Å². The molecular weight excluding hydrogens is 228 g/mol. The predicted octanol–water partition coefficient (Wildman–Crippen LogP) is 0.642. The molecule has 0 saturated carbocycles. The number of hydrogen-bond donors (Lipinski definition) is 1. The van der Waals surface area contributed by atoms with Gasteiger partial charge in [0.1, 0.15) is 0 Å². The second kappa shape index (κ2) is 6.24. The number of nitrogens with zero attached hydrogens (tertiary/aromatic N) is 5. The summed E-state index contributed by atoms with van der Waals surface area (Å²) in [7, 11) is 0. The predicted molar refractivity (Wildman–Crippen MR) is 69.8 cm³/mol. The fourth-order valence-electron chi connectivity index (χ4n) is 2.82. The van der Waals surface area contributed by atoms with Gasteiger partial charge in [0.2, 0.25) is 0 Å². The maximum Gasteiger partial charge on any atom is 0.165 e. The van der Waals surface area contributed by atoms with Gasteiger partial charge >= 0.3 is 0 Å². The lowest BCUT2D eigenvalue weighted by atomic mass is 9.91. The second-order valence-corrected chi connectivity index (χ2v) is 5.21. The Kier molecular flexibility index (Phi) is 4.66. The van der Waals surface area contributed by atoms with Crippen LogP contribution in [-0.4, -0.2) is 44.2 Å². The lowest BCUT2D eigenvalue weighted by Crippen LogP contribution is -2.48. The molecule has 2 N–H and O–H groups in total. The summed E-state index contributed by atoms with van der Waals surface area (Å²) in [6, 6.07) is 0.463. The fraction of sp³-hybridized carbons (Fsp3) is 0.917. The van der Waals surface area contributed by atoms with E-state index < -0.39 is 0 Å². The van der Waals surface area contributed by atoms with Crippen molar-refractivity contribution < 1.29 is 0 Å². The van der Waals surface area contributed by atoms with Crippen molar-refractivity contribution in [3.63, 3.8) is 0 Å². The molecule has 6 heteroatoms. The summed E-state index contributed by atoms with van der Waals surface area (Å²) in [6.07, 6.45) is 3.57. The number of tetrazole rings is 1. The van der Waals surface area contributed by atoms with E-state index in [-0.39, 0.29) is 0 Å². The number of nitrogens with two attached hydrogens (primary N) is 1. The summed E-state index contributed by atoms with van der Waals surface area (Å²) in [5.41, 5.74) is 5.91. The molecule has 0 aliphatic carbocycles. The highest BCUT2D eigenvalue weighted by molar-refractivity contribution is 4.88. The molecule has 0 spiro atoms. The van der Waals surface area contributed by atoms with Gasteiger partial charge < -0.3 is 5.73 Å². The normalized spacial score (nSPS) is 25.5. The van der Waals surface area contributed by atoms with E-state index in [4.69, 9.17) is 5.73 Å². The van der Waals surface area contributed by atoms with Gasteiger partial charge in [0.15, 0.2) is 5.82 Å². The van der Waals surface area contributed by atoms with Crippen LogP contribution in [-0.2, 0) is 13.1 Å². The molecule has 0 bridgehead atoms. The van der Waals surface area contributed by atoms with Crippen molar-refractivity contribution in [2.75, 3.05) is 13.1 Å². The third-order valence-electron chi connectivity index (χ3n) is 3.86. The van der Waals surface area contributed by atoms with E-state index in [1.54, 1.807) is 0 Å². The number of aryl methyl sites for hydroxylation is 1. The van der Waals surface area contributed by atoms with Gasteiger partial charge in [-0.2, -0.15) is 0 Å². The summed E-state index contributed by atoms with van der Waals surface area (Å²) in [4.78, 5) is 2.44. The smallest absolute Gasteiger partial charge is 0.165 e. The van der Waals surface area contributed by atoms with Crippen LogP contribution in [0.2, 0.25) is 0 Å². The van der Waals surface area contributed by atoms with Crippen LogP contribution in [0.3, 0.4) is 0 Å². The zero-order chi connectivity index (χ0) is 13.0. The van der Waals surface area contributed by atoms with Crippen molar-refractivity contribution >= 4 is 0 Å². The topological polar surface area (TPSA) is 72.9 Å². The van der Waals surface area contributed by atoms with E-state index >= 15 is 0 Å². The first-order valence-corrected chi connectivity index (χ1v) is 6.95. The van der Waals surface area contributed by atoms with Crippen LogP contribution in [0.1, 0.15) is 38.9 Å². The summed E-state index contributed by atoms with van der Waals surface area (Å²) in [5, 5.41) is 12.0. The molecule has 1 aromatic heterocycles. The molecular formula is C12H24N6. The van der Waals surface area contributed by atoms with Crippen molar-refractivity contribution in [2.24, 2.45) is 11.7 Å². The molecule has 6 nitrogen and oxygen atoms in total. The Balaban J connectivity index is 2.04. The van der Waals surface area contributed by atoms with Crippen LogP contribution in [0.25, 0.3) is 0 Å². The highest BCUT2D eigenvalue weighted by Crippen LogP contribution is 2.23. The van der Waals surface area contributed by atoms with Gasteiger partial charge in [0.25, 0.3) is 0 Å². The quantitative estimate of drug-likeness (QED) is 0.832. The van der Waals surface area contributed by atoms with Gasteiger partial charge in [-0.3, -0.25) is 4.90 Å². The zero-order valence-corrected chi connectivity index (χ0v) is 11.4. The first-order valence-electron chi connectivity index (χ1n) is 6.95. The first kappa shape index (κ1) is 13.4. The van der Waals surface area contributed by atoms with Crippen molar-refractivity contribution in [2.45, 2.75) is 52.2 Å². The molecule has 1 fully saturated rings. The first-order chi connectivity index (χ1) is 8.76. The fourth-order valence-corrected chi connectivity index (χ4v) is 2.82. The van der Waals surface area contributed by atoms with Gasteiger partial charge in [0.05, 0.1) is 6.54 Å². The molecule has 1 aliphatic rings. The third-order valence-corrected chi connectivity index (χ3v) is 3.86. The lowest BCUT2D eigenvalue weighted by molar-refractivity contribution is 0.0946. The van der Waals surface area contributed by atoms with Crippen LogP contribution in [0.4, 0.5) is 0 Å². The van der Waals surface area contributed by atoms with Crippen LogP contribution in [0.5, 0.6) is 0 Å². The minimum Gasteiger partial charge on any atom is -0.329 e. The van der Waals surface area contributed by atoms with E-state index in [0.29, 0.717) is 12.0 Å². The van der Waals surface area contributed by atoms with Gasteiger partial charge in [-0.15, -0.1) is 5.10 Å². The largest absolute Gasteiger partial charge is 0.329 e. The maximum absolute atomic E-state index is 5.91. The average molecular weight is 252 g/mol. The Morgan fingerprint density at radius 3 is 3.00 bits per heavy atom. The van der Waals surface area contributed by atoms with Gasteiger partial charge in [-0.05, 0) is 42.2 Å². The van der Waals surface area contributed by atoms with Crippen molar-refractivity contribution in [1.29, 1.82) is 0 Å². The van der Waals surface area contributed by atoms with Crippen LogP contribution < -0.4 is 5.73 Å². The second-order valence-electron chi connectivity index (χ2n) is 5.21. The highest BCUT2D eigenvalue weighted by Gasteiger charge is 2.28. The van der Waals surface area contributed by atoms with Crippen LogP contribution >= 0.6 is 0 Å². The SMILES string of the molecule is CCCn1nnnc1CN1CCCC(C)C1CN. The minimum absolute atomic E-state index is 0.463. The number of aromatic nitrogens is 4. The van der Waals surface area contributed by atoms with E-state index in [1.165, 1.54) is 12.8 Å². The number of hydrogen-bond acceptors (Lipinski definition) is 5. The third kappa shape index (κ3) is 2.87. The van der Waals surface area contributed by atoms with Crippen LogP contribution in [0, 0.1) is 5.92 Å². The minimum atomic E-state index is 0.463. The van der Waals surface area contributed by atoms with Gasteiger partial charge in [-0.1, -0.05) is 13.8 Å². The molecule has 2 unspecified atom stereocenters. The Labute approximate surface area is 109 Å². The standard InChI is InChI=1S/C12H24N6/c1-3-6-18-12(14-15-16-18)9-17-7-4-5-10(2)11(17)8-13/h10-11H,3-9,13H2,1-2H3. The van der Waals surface area contributed by atoms with Crippen molar-refractivity contribution in [3.8, 4) is 0 Å². The summed E-state index contributed by atoms with van der Waals surface area (Å²) >= 11 is 0. The molecule has 0 aromatic carbocycles. The molecule has 0 amide bonds. The molecule has 2 heterocycles.